The van der Waals surface area contributed by atoms with Gasteiger partial charge in [-0.25, -0.2) is 0 Å². The van der Waals surface area contributed by atoms with Gasteiger partial charge in [-0.2, -0.15) is 0 Å². The summed E-state index contributed by atoms with van der Waals surface area (Å²) < 4.78 is 5.43. The second-order valence-corrected chi connectivity index (χ2v) is 6.54. The third-order valence-electron chi connectivity index (χ3n) is 4.24. The van der Waals surface area contributed by atoms with E-state index in [0.29, 0.717) is 5.56 Å². The van der Waals surface area contributed by atoms with E-state index in [-0.39, 0.29) is 38.6 Å². The number of ketones is 1. The smallest absolute Gasteiger partial charge is 0.200 e. The monoisotopic (exact) mass is 388 g/mol. The maximum absolute atomic E-state index is 13.1. The molecule has 0 saturated carbocycles. The molecule has 7 nitrogen and oxygen atoms in total. The number of fused-ring (bicyclic) bond motifs is 1. The molecule has 3 aromatic rings. The van der Waals surface area contributed by atoms with Crippen LogP contribution in [0.3, 0.4) is 0 Å². The molecule has 0 saturated heterocycles. The number of phenols is 4. The molecule has 1 unspecified atom stereocenters. The van der Waals surface area contributed by atoms with Crippen LogP contribution in [0.1, 0.15) is 40.3 Å². The Morgan fingerprint density at radius 3 is 2.30 bits per heavy atom. The molecule has 1 heterocycles. The molecule has 0 bridgehead atoms. The summed E-state index contributed by atoms with van der Waals surface area (Å²) in [6.07, 6.45) is -1.27. The number of aromatic hydroxyl groups is 4. The highest BCUT2D eigenvalue weighted by Crippen LogP contribution is 2.45. The molecule has 3 rings (SSSR count). The number of carbonyl (C=O) groups is 1. The van der Waals surface area contributed by atoms with Crippen LogP contribution in [0.4, 0.5) is 0 Å². The standard InChI is InChI=1S/C18H14BClO7/c1-5-3-7(4-8(20)12(5)22)13(23)9-10-14(24)16(26)15(25)11(19)18(10)27-17(9)6(2)21/h3-4,6,21-22,24-26H,1-2H3. The molecular weight excluding hydrogens is 374 g/mol. The van der Waals surface area contributed by atoms with Crippen molar-refractivity contribution in [3.05, 3.63) is 39.6 Å². The lowest BCUT2D eigenvalue weighted by Crippen LogP contribution is -2.07. The van der Waals surface area contributed by atoms with Crippen LogP contribution in [-0.2, 0) is 0 Å². The number of aliphatic hydroxyl groups is 1. The van der Waals surface area contributed by atoms with Crippen molar-refractivity contribution in [2.75, 3.05) is 0 Å². The molecule has 5 N–H and O–H groups in total. The molecule has 0 fully saturated rings. The first kappa shape index (κ1) is 18.9. The quantitative estimate of drug-likeness (QED) is 0.264. The van der Waals surface area contributed by atoms with Crippen LogP contribution in [0, 0.1) is 6.92 Å². The Morgan fingerprint density at radius 2 is 1.74 bits per heavy atom. The zero-order valence-electron chi connectivity index (χ0n) is 14.2. The molecule has 0 aliphatic rings. The molecule has 0 aliphatic heterocycles. The first-order valence-corrected chi connectivity index (χ1v) is 8.14. The third-order valence-corrected chi connectivity index (χ3v) is 4.53. The highest BCUT2D eigenvalue weighted by molar-refractivity contribution is 6.41. The van der Waals surface area contributed by atoms with E-state index in [2.05, 4.69) is 0 Å². The van der Waals surface area contributed by atoms with E-state index < -0.39 is 34.6 Å². The van der Waals surface area contributed by atoms with Gasteiger partial charge in [0.05, 0.1) is 16.0 Å². The molecule has 2 radical (unpaired) electrons. The molecule has 1 atom stereocenters. The van der Waals surface area contributed by atoms with Gasteiger partial charge in [-0.1, -0.05) is 11.6 Å². The van der Waals surface area contributed by atoms with E-state index in [1.165, 1.54) is 19.1 Å². The minimum Gasteiger partial charge on any atom is -0.506 e. The average molecular weight is 389 g/mol. The highest BCUT2D eigenvalue weighted by Gasteiger charge is 2.31. The molecule has 0 amide bonds. The summed E-state index contributed by atoms with van der Waals surface area (Å²) in [5.41, 5.74) is -0.530. The van der Waals surface area contributed by atoms with E-state index in [9.17, 15) is 30.3 Å². The average Bonchev–Trinajstić information content (AvgIpc) is 3.02. The lowest BCUT2D eigenvalue weighted by molar-refractivity contribution is 0.102. The summed E-state index contributed by atoms with van der Waals surface area (Å²) in [5.74, 6) is -3.66. The molecule has 0 spiro atoms. The molecular formula is C18H14BClO7. The van der Waals surface area contributed by atoms with Gasteiger partial charge >= 0.3 is 0 Å². The van der Waals surface area contributed by atoms with E-state index in [4.69, 9.17) is 23.9 Å². The van der Waals surface area contributed by atoms with Crippen LogP contribution >= 0.6 is 11.6 Å². The largest absolute Gasteiger partial charge is 0.506 e. The van der Waals surface area contributed by atoms with Crippen LogP contribution < -0.4 is 5.46 Å². The Kier molecular flexibility index (Phi) is 4.49. The van der Waals surface area contributed by atoms with Gasteiger partial charge in [0.1, 0.15) is 31.0 Å². The van der Waals surface area contributed by atoms with Gasteiger partial charge in [0.25, 0.3) is 0 Å². The molecule has 27 heavy (non-hydrogen) atoms. The van der Waals surface area contributed by atoms with Gasteiger partial charge in [-0.3, -0.25) is 4.79 Å². The van der Waals surface area contributed by atoms with Gasteiger partial charge in [-0.15, -0.1) is 0 Å². The summed E-state index contributed by atoms with van der Waals surface area (Å²) >= 11 is 5.93. The number of furan rings is 1. The second-order valence-electron chi connectivity index (χ2n) is 6.13. The SMILES string of the molecule is [B]c1c(O)c(O)c(O)c2c(C(=O)c3cc(C)c(O)c(Cl)c3)c(C(C)O)oc12. The van der Waals surface area contributed by atoms with Gasteiger partial charge < -0.3 is 29.9 Å². The van der Waals surface area contributed by atoms with Crippen molar-refractivity contribution in [3.8, 4) is 23.0 Å². The highest BCUT2D eigenvalue weighted by atomic mass is 35.5. The maximum atomic E-state index is 13.1. The minimum atomic E-state index is -1.27. The Hall–Kier alpha value is -2.84. The van der Waals surface area contributed by atoms with Crippen molar-refractivity contribution in [1.29, 1.82) is 0 Å². The molecule has 2 aromatic carbocycles. The van der Waals surface area contributed by atoms with Crippen LogP contribution in [0.15, 0.2) is 16.5 Å². The van der Waals surface area contributed by atoms with Gasteiger partial charge in [0.2, 0.25) is 5.75 Å². The fraction of sp³-hybridized carbons (Fsp3) is 0.167. The lowest BCUT2D eigenvalue weighted by Gasteiger charge is -2.09. The number of hydrogen-bond acceptors (Lipinski definition) is 7. The maximum Gasteiger partial charge on any atom is 0.200 e. The number of aryl methyl sites for hydroxylation is 1. The molecule has 9 heteroatoms. The van der Waals surface area contributed by atoms with Gasteiger partial charge in [0, 0.05) is 5.56 Å². The van der Waals surface area contributed by atoms with Crippen molar-refractivity contribution in [3.63, 3.8) is 0 Å². The molecule has 138 valence electrons. The minimum absolute atomic E-state index is 0.0467. The normalized spacial score (nSPS) is 12.4. The zero-order chi connectivity index (χ0) is 20.2. The van der Waals surface area contributed by atoms with Crippen molar-refractivity contribution in [2.24, 2.45) is 0 Å². The number of carbonyl (C=O) groups excluding carboxylic acids is 1. The predicted octanol–water partition coefficient (Wildman–Crippen LogP) is 2.30. The molecule has 1 aromatic heterocycles. The Bertz CT molecular complexity index is 1080. The second kappa shape index (κ2) is 6.40. The topological polar surface area (TPSA) is 131 Å². The van der Waals surface area contributed by atoms with Crippen LogP contribution in [0.5, 0.6) is 23.0 Å². The van der Waals surface area contributed by atoms with Crippen LogP contribution in [0.25, 0.3) is 11.0 Å². The Balaban J connectivity index is 2.40. The van der Waals surface area contributed by atoms with Gasteiger partial charge in [-0.05, 0) is 37.0 Å². The van der Waals surface area contributed by atoms with E-state index in [1.54, 1.807) is 6.92 Å². The first-order chi connectivity index (χ1) is 12.6. The van der Waals surface area contributed by atoms with Crippen molar-refractivity contribution >= 4 is 41.7 Å². The van der Waals surface area contributed by atoms with Crippen LogP contribution in [-0.4, -0.2) is 39.2 Å². The summed E-state index contributed by atoms with van der Waals surface area (Å²) in [5, 5.41) is 49.4. The van der Waals surface area contributed by atoms with Crippen molar-refractivity contribution in [1.82, 2.24) is 0 Å². The number of aliphatic hydroxyl groups excluding tert-OH is 1. The summed E-state index contributed by atoms with van der Waals surface area (Å²) in [6, 6.07) is 2.59. The number of phenolic OH excluding ortho intramolecular Hbond substituents is 4. The Labute approximate surface area is 159 Å². The summed E-state index contributed by atoms with van der Waals surface area (Å²) in [4.78, 5) is 13.1. The van der Waals surface area contributed by atoms with Gasteiger partial charge in [0.15, 0.2) is 17.3 Å². The number of hydrogen-bond donors (Lipinski definition) is 5. The van der Waals surface area contributed by atoms with E-state index in [0.717, 1.165) is 0 Å². The number of rotatable bonds is 3. The van der Waals surface area contributed by atoms with E-state index in [1.807, 2.05) is 0 Å². The lowest BCUT2D eigenvalue weighted by atomic mass is 9.89. The molecule has 0 aliphatic carbocycles. The zero-order valence-corrected chi connectivity index (χ0v) is 15.0. The fourth-order valence-electron chi connectivity index (χ4n) is 2.86. The van der Waals surface area contributed by atoms with E-state index >= 15 is 0 Å². The van der Waals surface area contributed by atoms with Crippen LogP contribution in [0.2, 0.25) is 5.02 Å². The van der Waals surface area contributed by atoms with Crippen molar-refractivity contribution < 1.29 is 34.7 Å². The third kappa shape index (κ3) is 2.77. The first-order valence-electron chi connectivity index (χ1n) is 7.76. The summed E-state index contributed by atoms with van der Waals surface area (Å²) in [6.45, 7) is 2.87. The number of halogens is 1. The van der Waals surface area contributed by atoms with Crippen molar-refractivity contribution in [2.45, 2.75) is 20.0 Å². The number of benzene rings is 2. The summed E-state index contributed by atoms with van der Waals surface area (Å²) in [7, 11) is 5.72. The fourth-order valence-corrected chi connectivity index (χ4v) is 3.13. The Morgan fingerprint density at radius 1 is 1.11 bits per heavy atom. The predicted molar refractivity (Wildman–Crippen MR) is 98.5 cm³/mol.